The quantitative estimate of drug-likeness (QED) is 0.669. The van der Waals surface area contributed by atoms with Gasteiger partial charge in [0.25, 0.3) is 0 Å². The molecule has 2 rings (SSSR count). The Morgan fingerprint density at radius 3 is 2.21 bits per heavy atom. The Morgan fingerprint density at radius 2 is 1.71 bits per heavy atom. The standard InChI is InChI=1S/C10H9N3O/c1-8(14)9-2-4-10(5-3-9)13-6-11-12-7-13/h2-7H,1H3. The van der Waals surface area contributed by atoms with E-state index in [-0.39, 0.29) is 5.78 Å². The highest BCUT2D eigenvalue weighted by Crippen LogP contribution is 2.08. The summed E-state index contributed by atoms with van der Waals surface area (Å²) in [6.07, 6.45) is 3.23. The molecule has 0 spiro atoms. The lowest BCUT2D eigenvalue weighted by Crippen LogP contribution is -1.94. The minimum absolute atomic E-state index is 0.0697. The lowest BCUT2D eigenvalue weighted by molar-refractivity contribution is 0.101. The van der Waals surface area contributed by atoms with Crippen molar-refractivity contribution in [2.75, 3.05) is 0 Å². The van der Waals surface area contributed by atoms with Crippen LogP contribution in [0.25, 0.3) is 5.69 Å². The van der Waals surface area contributed by atoms with E-state index in [9.17, 15) is 4.79 Å². The van der Waals surface area contributed by atoms with Crippen molar-refractivity contribution in [2.45, 2.75) is 6.92 Å². The van der Waals surface area contributed by atoms with E-state index in [2.05, 4.69) is 10.2 Å². The van der Waals surface area contributed by atoms with Crippen molar-refractivity contribution in [1.29, 1.82) is 0 Å². The Kier molecular flexibility index (Phi) is 2.10. The molecule has 70 valence electrons. The molecule has 0 N–H and O–H groups in total. The molecule has 0 radical (unpaired) electrons. The number of hydrogen-bond acceptors (Lipinski definition) is 3. The average molecular weight is 187 g/mol. The second-order valence-electron chi connectivity index (χ2n) is 2.97. The Labute approximate surface area is 81.2 Å². The first-order valence-corrected chi connectivity index (χ1v) is 4.23. The number of carbonyl (C=O) groups is 1. The van der Waals surface area contributed by atoms with Gasteiger partial charge in [0.15, 0.2) is 5.78 Å². The molecule has 0 aliphatic heterocycles. The van der Waals surface area contributed by atoms with Gasteiger partial charge < -0.3 is 0 Å². The molecular weight excluding hydrogens is 178 g/mol. The molecule has 14 heavy (non-hydrogen) atoms. The first-order chi connectivity index (χ1) is 6.77. The highest BCUT2D eigenvalue weighted by molar-refractivity contribution is 5.94. The van der Waals surface area contributed by atoms with E-state index in [0.29, 0.717) is 5.56 Å². The van der Waals surface area contributed by atoms with E-state index in [4.69, 9.17) is 0 Å². The number of Topliss-reactive ketones (excluding diaryl/α,β-unsaturated/α-hetero) is 1. The highest BCUT2D eigenvalue weighted by Gasteiger charge is 1.99. The molecule has 4 heteroatoms. The molecule has 1 heterocycles. The van der Waals surface area contributed by atoms with Crippen molar-refractivity contribution in [3.63, 3.8) is 0 Å². The van der Waals surface area contributed by atoms with E-state index >= 15 is 0 Å². The normalized spacial score (nSPS) is 10.1. The molecule has 4 nitrogen and oxygen atoms in total. The van der Waals surface area contributed by atoms with E-state index in [1.165, 1.54) is 0 Å². The summed E-state index contributed by atoms with van der Waals surface area (Å²) in [5, 5.41) is 7.40. The van der Waals surface area contributed by atoms with Gasteiger partial charge in [-0.3, -0.25) is 9.36 Å². The third kappa shape index (κ3) is 1.54. The second kappa shape index (κ2) is 3.41. The third-order valence-corrected chi connectivity index (χ3v) is 1.99. The summed E-state index contributed by atoms with van der Waals surface area (Å²) >= 11 is 0. The fraction of sp³-hybridized carbons (Fsp3) is 0.100. The molecule has 1 aromatic heterocycles. The van der Waals surface area contributed by atoms with Crippen LogP contribution < -0.4 is 0 Å². The first kappa shape index (κ1) is 8.62. The third-order valence-electron chi connectivity index (χ3n) is 1.99. The molecule has 0 saturated carbocycles. The number of hydrogen-bond donors (Lipinski definition) is 0. The van der Waals surface area contributed by atoms with Crippen LogP contribution >= 0.6 is 0 Å². The number of nitrogens with zero attached hydrogens (tertiary/aromatic N) is 3. The van der Waals surface area contributed by atoms with Gasteiger partial charge in [-0.25, -0.2) is 0 Å². The van der Waals surface area contributed by atoms with Crippen LogP contribution in [0.15, 0.2) is 36.9 Å². The van der Waals surface area contributed by atoms with Gasteiger partial charge in [-0.1, -0.05) is 0 Å². The number of carbonyl (C=O) groups excluding carboxylic acids is 1. The lowest BCUT2D eigenvalue weighted by atomic mass is 10.1. The minimum atomic E-state index is 0.0697. The summed E-state index contributed by atoms with van der Waals surface area (Å²) in [6, 6.07) is 7.30. The van der Waals surface area contributed by atoms with Crippen molar-refractivity contribution < 1.29 is 4.79 Å². The van der Waals surface area contributed by atoms with Gasteiger partial charge in [0.2, 0.25) is 0 Å². The van der Waals surface area contributed by atoms with Crippen LogP contribution in [0, 0.1) is 0 Å². The molecule has 1 aromatic carbocycles. The summed E-state index contributed by atoms with van der Waals surface area (Å²) in [5.41, 5.74) is 1.65. The Hall–Kier alpha value is -1.97. The fourth-order valence-electron chi connectivity index (χ4n) is 1.20. The molecule has 0 saturated heterocycles. The van der Waals surface area contributed by atoms with Gasteiger partial charge in [0.05, 0.1) is 0 Å². The van der Waals surface area contributed by atoms with Gasteiger partial charge in [0.1, 0.15) is 12.7 Å². The van der Waals surface area contributed by atoms with Crippen molar-refractivity contribution >= 4 is 5.78 Å². The van der Waals surface area contributed by atoms with Crippen LogP contribution in [-0.2, 0) is 0 Å². The van der Waals surface area contributed by atoms with Gasteiger partial charge in [-0.15, -0.1) is 10.2 Å². The molecular formula is C10H9N3O. The van der Waals surface area contributed by atoms with Crippen molar-refractivity contribution in [2.24, 2.45) is 0 Å². The summed E-state index contributed by atoms with van der Waals surface area (Å²) in [7, 11) is 0. The molecule has 0 amide bonds. The van der Waals surface area contributed by atoms with E-state index < -0.39 is 0 Å². The predicted octanol–water partition coefficient (Wildman–Crippen LogP) is 1.47. The monoisotopic (exact) mass is 187 g/mol. The van der Waals surface area contributed by atoms with Crippen LogP contribution in [0.5, 0.6) is 0 Å². The maximum absolute atomic E-state index is 11.0. The Morgan fingerprint density at radius 1 is 1.14 bits per heavy atom. The topological polar surface area (TPSA) is 47.8 Å². The minimum Gasteiger partial charge on any atom is -0.295 e. The molecule has 0 fully saturated rings. The maximum Gasteiger partial charge on any atom is 0.159 e. The zero-order valence-corrected chi connectivity index (χ0v) is 7.71. The molecule has 2 aromatic rings. The molecule has 0 unspecified atom stereocenters. The summed E-state index contributed by atoms with van der Waals surface area (Å²) in [6.45, 7) is 1.55. The predicted molar refractivity (Wildman–Crippen MR) is 51.4 cm³/mol. The van der Waals surface area contributed by atoms with Gasteiger partial charge >= 0.3 is 0 Å². The van der Waals surface area contributed by atoms with Crippen LogP contribution in [0.1, 0.15) is 17.3 Å². The van der Waals surface area contributed by atoms with E-state index in [0.717, 1.165) is 5.69 Å². The zero-order valence-electron chi connectivity index (χ0n) is 7.71. The average Bonchev–Trinajstić information content (AvgIpc) is 2.71. The first-order valence-electron chi connectivity index (χ1n) is 4.23. The van der Waals surface area contributed by atoms with Crippen molar-refractivity contribution in [3.05, 3.63) is 42.5 Å². The largest absolute Gasteiger partial charge is 0.295 e. The SMILES string of the molecule is CC(=O)c1ccc(-n2cnnc2)cc1. The fourth-order valence-corrected chi connectivity index (χ4v) is 1.20. The van der Waals surface area contributed by atoms with Gasteiger partial charge in [0, 0.05) is 11.3 Å². The van der Waals surface area contributed by atoms with Crippen LogP contribution in [-0.4, -0.2) is 20.5 Å². The Bertz CT molecular complexity index is 431. The van der Waals surface area contributed by atoms with E-state index in [1.807, 2.05) is 12.1 Å². The van der Waals surface area contributed by atoms with E-state index in [1.54, 1.807) is 36.3 Å². The Balaban J connectivity index is 2.36. The summed E-state index contributed by atoms with van der Waals surface area (Å²) in [4.78, 5) is 11.0. The van der Waals surface area contributed by atoms with Gasteiger partial charge in [-0.05, 0) is 31.2 Å². The van der Waals surface area contributed by atoms with Crippen LogP contribution in [0.2, 0.25) is 0 Å². The number of rotatable bonds is 2. The molecule has 0 aliphatic rings. The summed E-state index contributed by atoms with van der Waals surface area (Å²) in [5.74, 6) is 0.0697. The number of aromatic nitrogens is 3. The highest BCUT2D eigenvalue weighted by atomic mass is 16.1. The number of benzene rings is 1. The smallest absolute Gasteiger partial charge is 0.159 e. The maximum atomic E-state index is 11.0. The van der Waals surface area contributed by atoms with Gasteiger partial charge in [-0.2, -0.15) is 0 Å². The summed E-state index contributed by atoms with van der Waals surface area (Å²) < 4.78 is 1.78. The van der Waals surface area contributed by atoms with Crippen LogP contribution in [0.3, 0.4) is 0 Å². The van der Waals surface area contributed by atoms with Crippen molar-refractivity contribution in [1.82, 2.24) is 14.8 Å². The molecule has 0 aliphatic carbocycles. The van der Waals surface area contributed by atoms with Crippen LogP contribution in [0.4, 0.5) is 0 Å². The molecule has 0 atom stereocenters. The zero-order chi connectivity index (χ0) is 9.97. The lowest BCUT2D eigenvalue weighted by Gasteiger charge is -2.01. The second-order valence-corrected chi connectivity index (χ2v) is 2.97. The number of ketones is 1. The molecule has 0 bridgehead atoms. The van der Waals surface area contributed by atoms with Crippen molar-refractivity contribution in [3.8, 4) is 5.69 Å².